The molecule has 9 rings (SSSR count). The minimum absolute atomic E-state index is 0.0314. The lowest BCUT2D eigenvalue weighted by molar-refractivity contribution is 0.530. The van der Waals surface area contributed by atoms with Gasteiger partial charge in [0.1, 0.15) is 0 Å². The Morgan fingerprint density at radius 3 is 1.70 bits per heavy atom. The molecule has 0 saturated carbocycles. The number of allylic oxidation sites excluding steroid dienone is 8. The lowest BCUT2D eigenvalue weighted by Gasteiger charge is -2.30. The van der Waals surface area contributed by atoms with Crippen LogP contribution in [0.5, 0.6) is 0 Å². The minimum atomic E-state index is 0.0314. The Balaban J connectivity index is 0.000000615. The van der Waals surface area contributed by atoms with Gasteiger partial charge in [0, 0.05) is 22.5 Å². The van der Waals surface area contributed by atoms with Gasteiger partial charge in [-0.2, -0.15) is 0 Å². The Bertz CT molecular complexity index is 2810. The summed E-state index contributed by atoms with van der Waals surface area (Å²) in [5.74, 6) is 0.572. The second-order valence-corrected chi connectivity index (χ2v) is 17.7. The molecule has 0 aliphatic heterocycles. The molecule has 318 valence electrons. The highest BCUT2D eigenvalue weighted by Gasteiger charge is 2.40. The highest BCUT2D eigenvalue weighted by Crippen LogP contribution is 2.52. The van der Waals surface area contributed by atoms with Crippen LogP contribution in [0.1, 0.15) is 74.4 Å². The van der Waals surface area contributed by atoms with Crippen molar-refractivity contribution < 1.29 is 0 Å². The van der Waals surface area contributed by atoms with Crippen LogP contribution in [0.2, 0.25) is 0 Å². The first-order valence-electron chi connectivity index (χ1n) is 22.5. The quantitative estimate of drug-likeness (QED) is 0.103. The molecular weight excluding hydrogens is 771 g/mol. The van der Waals surface area contributed by atoms with Crippen LogP contribution in [-0.2, 0) is 11.8 Å². The number of hydrogen-bond acceptors (Lipinski definition) is 1. The van der Waals surface area contributed by atoms with Crippen LogP contribution < -0.4 is 4.90 Å². The predicted octanol–water partition coefficient (Wildman–Crippen LogP) is 17.3. The van der Waals surface area contributed by atoms with Gasteiger partial charge in [0.25, 0.3) is 0 Å². The maximum Gasteiger partial charge on any atom is 0.0462 e. The maximum atomic E-state index is 4.00. The maximum absolute atomic E-state index is 4.00. The SMILES string of the molecule is C#C.C/C(=C/C=C(\C)c1ccc(N(c2ccc(-c3ccccc3)cc2)c2ccc(-c3ccc4c(c3)C(C)(C)C3=C4C=CCC3C)cc2)cc1)Cc1ccccc1C.Cc1ccccc1. The Hall–Kier alpha value is -7.14. The van der Waals surface area contributed by atoms with Crippen molar-refractivity contribution in [3.8, 4) is 35.1 Å². The largest absolute Gasteiger partial charge is 0.311 e. The Morgan fingerprint density at radius 2 is 1.12 bits per heavy atom. The molecule has 2 aliphatic carbocycles. The van der Waals surface area contributed by atoms with Gasteiger partial charge in [-0.15, -0.1) is 12.8 Å². The summed E-state index contributed by atoms with van der Waals surface area (Å²) in [6.45, 7) is 15.9. The second kappa shape index (κ2) is 20.4. The van der Waals surface area contributed by atoms with Crippen molar-refractivity contribution in [1.29, 1.82) is 0 Å². The molecule has 1 atom stereocenters. The average molecular weight is 832 g/mol. The number of fused-ring (bicyclic) bond motifs is 2. The summed E-state index contributed by atoms with van der Waals surface area (Å²) in [6, 6.07) is 63.7. The fourth-order valence-electron chi connectivity index (χ4n) is 9.29. The summed E-state index contributed by atoms with van der Waals surface area (Å²) in [7, 11) is 0. The summed E-state index contributed by atoms with van der Waals surface area (Å²) in [4.78, 5) is 2.37. The van der Waals surface area contributed by atoms with E-state index in [-0.39, 0.29) is 5.41 Å². The first kappa shape index (κ1) is 44.9. The zero-order chi connectivity index (χ0) is 45.2. The molecule has 0 amide bonds. The Morgan fingerprint density at radius 1 is 0.609 bits per heavy atom. The third kappa shape index (κ3) is 10.0. The fraction of sp³-hybridized carbons (Fsp3) is 0.175. The van der Waals surface area contributed by atoms with Crippen LogP contribution >= 0.6 is 0 Å². The van der Waals surface area contributed by atoms with Crippen molar-refractivity contribution in [2.45, 2.75) is 66.7 Å². The summed E-state index contributed by atoms with van der Waals surface area (Å²) < 4.78 is 0. The van der Waals surface area contributed by atoms with E-state index in [1.165, 1.54) is 72.4 Å². The zero-order valence-corrected chi connectivity index (χ0v) is 38.6. The number of benzene rings is 7. The van der Waals surface area contributed by atoms with E-state index < -0.39 is 0 Å². The molecule has 0 heterocycles. The molecule has 1 unspecified atom stereocenters. The van der Waals surface area contributed by atoms with E-state index >= 15 is 0 Å². The van der Waals surface area contributed by atoms with E-state index in [2.05, 4.69) is 248 Å². The van der Waals surface area contributed by atoms with E-state index in [9.17, 15) is 0 Å². The van der Waals surface area contributed by atoms with Crippen LogP contribution in [0.3, 0.4) is 0 Å². The highest BCUT2D eigenvalue weighted by atomic mass is 15.1. The molecule has 1 heteroatoms. The lowest BCUT2D eigenvalue weighted by Crippen LogP contribution is -2.22. The summed E-state index contributed by atoms with van der Waals surface area (Å²) >= 11 is 0. The van der Waals surface area contributed by atoms with Crippen molar-refractivity contribution >= 4 is 28.2 Å². The van der Waals surface area contributed by atoms with Gasteiger partial charge in [-0.05, 0) is 156 Å². The van der Waals surface area contributed by atoms with Gasteiger partial charge in [0.15, 0.2) is 0 Å². The molecule has 1 nitrogen and oxygen atoms in total. The van der Waals surface area contributed by atoms with E-state index in [0.717, 1.165) is 29.9 Å². The minimum Gasteiger partial charge on any atom is -0.311 e. The van der Waals surface area contributed by atoms with Crippen molar-refractivity contribution in [3.63, 3.8) is 0 Å². The van der Waals surface area contributed by atoms with Crippen molar-refractivity contribution in [1.82, 2.24) is 0 Å². The molecule has 0 bridgehead atoms. The van der Waals surface area contributed by atoms with Crippen molar-refractivity contribution in [2.24, 2.45) is 5.92 Å². The van der Waals surface area contributed by atoms with Gasteiger partial charge in [0.05, 0.1) is 0 Å². The van der Waals surface area contributed by atoms with Crippen LogP contribution in [0.4, 0.5) is 17.1 Å². The van der Waals surface area contributed by atoms with Gasteiger partial charge < -0.3 is 4.90 Å². The zero-order valence-electron chi connectivity index (χ0n) is 38.6. The molecule has 64 heavy (non-hydrogen) atoms. The third-order valence-electron chi connectivity index (χ3n) is 12.8. The first-order valence-corrected chi connectivity index (χ1v) is 22.5. The molecule has 2 aliphatic rings. The Labute approximate surface area is 383 Å². The molecule has 0 aromatic heterocycles. The number of aryl methyl sites for hydroxylation is 2. The van der Waals surface area contributed by atoms with E-state index in [1.54, 1.807) is 5.57 Å². The van der Waals surface area contributed by atoms with Crippen LogP contribution in [0, 0.1) is 32.6 Å². The number of terminal acetylenes is 1. The van der Waals surface area contributed by atoms with E-state index in [1.807, 2.05) is 18.2 Å². The molecule has 0 N–H and O–H groups in total. The third-order valence-corrected chi connectivity index (χ3v) is 12.8. The lowest BCUT2D eigenvalue weighted by atomic mass is 9.74. The number of anilines is 3. The van der Waals surface area contributed by atoms with E-state index in [4.69, 9.17) is 0 Å². The van der Waals surface area contributed by atoms with Crippen molar-refractivity contribution in [2.75, 3.05) is 4.90 Å². The average Bonchev–Trinajstić information content (AvgIpc) is 3.57. The molecule has 0 spiro atoms. The number of nitrogens with zero attached hydrogens (tertiary/aromatic N) is 1. The molecule has 0 radical (unpaired) electrons. The van der Waals surface area contributed by atoms with Gasteiger partial charge in [0.2, 0.25) is 0 Å². The molecule has 0 saturated heterocycles. The summed E-state index contributed by atoms with van der Waals surface area (Å²) in [5.41, 5.74) is 22.1. The smallest absolute Gasteiger partial charge is 0.0462 e. The summed E-state index contributed by atoms with van der Waals surface area (Å²) in [6.07, 6.45) is 19.3. The Kier molecular flexibility index (Phi) is 14.3. The van der Waals surface area contributed by atoms with E-state index in [0.29, 0.717) is 5.92 Å². The molecule has 7 aromatic rings. The molecular formula is C63H61N. The topological polar surface area (TPSA) is 3.24 Å². The fourth-order valence-corrected chi connectivity index (χ4v) is 9.29. The molecule has 0 fully saturated rings. The van der Waals surface area contributed by atoms with Crippen LogP contribution in [0.15, 0.2) is 211 Å². The standard InChI is InChI=1S/C54H51N.C7H8.C2H2/c1-37(35-45-17-11-10-13-38(45)2)19-20-39(3)41-21-28-47(29-22-41)55(48-30-23-43(24-31-48)42-15-8-7-9-16-42)49-32-25-44(26-33-49)46-27-34-50-51-18-12-14-40(4)53(51)54(5,6)52(50)36-46;1-7-5-3-2-4-6-7;1-2/h7-13,15-34,36,40H,14,35H2,1-6H3;2-6H,1H3;1-2H/b37-19-,39-20+;;. The van der Waals surface area contributed by atoms with Crippen LogP contribution in [0.25, 0.3) is 33.4 Å². The van der Waals surface area contributed by atoms with Crippen LogP contribution in [-0.4, -0.2) is 0 Å². The molecule has 7 aromatic carbocycles. The normalized spacial score (nSPS) is 14.9. The highest BCUT2D eigenvalue weighted by molar-refractivity contribution is 5.89. The predicted molar refractivity (Wildman–Crippen MR) is 278 cm³/mol. The summed E-state index contributed by atoms with van der Waals surface area (Å²) in [5, 5.41) is 0. The van der Waals surface area contributed by atoms with Crippen molar-refractivity contribution in [3.05, 3.63) is 245 Å². The number of hydrogen-bond donors (Lipinski definition) is 0. The van der Waals surface area contributed by atoms with Gasteiger partial charge >= 0.3 is 0 Å². The second-order valence-electron chi connectivity index (χ2n) is 17.7. The van der Waals surface area contributed by atoms with Gasteiger partial charge in [-0.3, -0.25) is 0 Å². The van der Waals surface area contributed by atoms with Gasteiger partial charge in [-0.1, -0.05) is 190 Å². The first-order chi connectivity index (χ1) is 31.1. The number of rotatable bonds is 9. The van der Waals surface area contributed by atoms with Gasteiger partial charge in [-0.25, -0.2) is 0 Å². The monoisotopic (exact) mass is 831 g/mol.